The molecule has 2 aromatic rings. The van der Waals surface area contributed by atoms with Gasteiger partial charge in [-0.25, -0.2) is 4.98 Å². The van der Waals surface area contributed by atoms with Crippen molar-refractivity contribution in [1.82, 2.24) is 4.98 Å². The van der Waals surface area contributed by atoms with Crippen molar-refractivity contribution in [2.75, 3.05) is 7.11 Å². The number of nitriles is 1. The van der Waals surface area contributed by atoms with E-state index in [9.17, 15) is 0 Å². The zero-order chi connectivity index (χ0) is 13.1. The summed E-state index contributed by atoms with van der Waals surface area (Å²) in [6, 6.07) is 8.21. The monoisotopic (exact) mass is 258 g/mol. The maximum absolute atomic E-state index is 9.05. The summed E-state index contributed by atoms with van der Waals surface area (Å²) in [7, 11) is 1.64. The number of nitrogens with zero attached hydrogens (tertiary/aromatic N) is 2. The Morgan fingerprint density at radius 2 is 2.17 bits per heavy atom. The Balaban J connectivity index is 2.55. The summed E-state index contributed by atoms with van der Waals surface area (Å²) in [6.07, 6.45) is 0. The molecule has 0 saturated heterocycles. The van der Waals surface area contributed by atoms with Crippen molar-refractivity contribution < 1.29 is 4.74 Å². The molecule has 3 nitrogen and oxygen atoms in total. The van der Waals surface area contributed by atoms with Crippen molar-refractivity contribution in [3.05, 3.63) is 34.2 Å². The number of ether oxygens (including phenoxy) is 1. The molecule has 0 amide bonds. The second kappa shape index (κ2) is 5.19. The third-order valence-electron chi connectivity index (χ3n) is 2.82. The van der Waals surface area contributed by atoms with Gasteiger partial charge in [-0.05, 0) is 23.6 Å². The second-order valence-electron chi connectivity index (χ2n) is 4.26. The van der Waals surface area contributed by atoms with Crippen molar-refractivity contribution in [2.45, 2.75) is 19.8 Å². The van der Waals surface area contributed by atoms with Crippen LogP contribution in [0.1, 0.15) is 30.2 Å². The Kier molecular flexibility index (Phi) is 3.63. The molecular formula is C14H14N2OS. The summed E-state index contributed by atoms with van der Waals surface area (Å²) in [5, 5.41) is 9.05. The highest BCUT2D eigenvalue weighted by Crippen LogP contribution is 2.34. The first-order chi connectivity index (χ1) is 8.67. The molecule has 0 unspecified atom stereocenters. The van der Waals surface area contributed by atoms with Crippen LogP contribution in [-0.2, 0) is 0 Å². The fraction of sp³-hybridized carbons (Fsp3) is 0.286. The number of hydrogen-bond acceptors (Lipinski definition) is 4. The van der Waals surface area contributed by atoms with Crippen LogP contribution in [0, 0.1) is 11.3 Å². The van der Waals surface area contributed by atoms with Gasteiger partial charge in [0.25, 0.3) is 0 Å². The van der Waals surface area contributed by atoms with E-state index >= 15 is 0 Å². The molecule has 0 N–H and O–H groups in total. The Bertz CT molecular complexity index is 596. The van der Waals surface area contributed by atoms with Gasteiger partial charge in [0.15, 0.2) is 0 Å². The fourth-order valence-electron chi connectivity index (χ4n) is 1.78. The molecule has 1 aromatic heterocycles. The molecule has 0 aliphatic heterocycles. The van der Waals surface area contributed by atoms with Gasteiger partial charge in [0.1, 0.15) is 22.4 Å². The van der Waals surface area contributed by atoms with Gasteiger partial charge >= 0.3 is 0 Å². The molecule has 0 aliphatic rings. The van der Waals surface area contributed by atoms with Crippen LogP contribution in [0.25, 0.3) is 11.3 Å². The van der Waals surface area contributed by atoms with Gasteiger partial charge in [-0.3, -0.25) is 0 Å². The van der Waals surface area contributed by atoms with Crippen molar-refractivity contribution >= 4 is 11.3 Å². The van der Waals surface area contributed by atoms with Gasteiger partial charge in [-0.2, -0.15) is 5.26 Å². The van der Waals surface area contributed by atoms with E-state index < -0.39 is 0 Å². The minimum absolute atomic E-state index is 0.443. The minimum Gasteiger partial charge on any atom is -0.496 e. The fourth-order valence-corrected chi connectivity index (χ4v) is 2.37. The van der Waals surface area contributed by atoms with Gasteiger partial charge in [-0.1, -0.05) is 19.9 Å². The summed E-state index contributed by atoms with van der Waals surface area (Å²) in [5.74, 6) is 1.21. The standard InChI is InChI=1S/C14H14N2OS/c1-9(2)10-4-5-11(12(6-10)17-3)14-13(7-15)18-8-16-14/h4-6,8-9H,1-3H3. The highest BCUT2D eigenvalue weighted by molar-refractivity contribution is 7.10. The van der Waals surface area contributed by atoms with Crippen LogP contribution in [0.5, 0.6) is 5.75 Å². The zero-order valence-corrected chi connectivity index (χ0v) is 11.4. The van der Waals surface area contributed by atoms with Crippen LogP contribution in [0.2, 0.25) is 0 Å². The van der Waals surface area contributed by atoms with Crippen LogP contribution in [0.4, 0.5) is 0 Å². The summed E-state index contributed by atoms with van der Waals surface area (Å²) < 4.78 is 5.41. The highest BCUT2D eigenvalue weighted by Gasteiger charge is 2.14. The predicted octanol–water partition coefficient (Wildman–Crippen LogP) is 3.81. The van der Waals surface area contributed by atoms with E-state index in [-0.39, 0.29) is 0 Å². The highest BCUT2D eigenvalue weighted by atomic mass is 32.1. The molecule has 1 aromatic carbocycles. The molecule has 0 fully saturated rings. The lowest BCUT2D eigenvalue weighted by Crippen LogP contribution is -1.93. The van der Waals surface area contributed by atoms with Crippen molar-refractivity contribution in [1.29, 1.82) is 5.26 Å². The van der Waals surface area contributed by atoms with E-state index in [1.807, 2.05) is 12.1 Å². The molecule has 18 heavy (non-hydrogen) atoms. The van der Waals surface area contributed by atoms with Crippen LogP contribution in [0.15, 0.2) is 23.7 Å². The Hall–Kier alpha value is -1.86. The molecule has 1 heterocycles. The first kappa shape index (κ1) is 12.6. The smallest absolute Gasteiger partial charge is 0.132 e. The van der Waals surface area contributed by atoms with E-state index in [1.165, 1.54) is 16.9 Å². The number of benzene rings is 1. The summed E-state index contributed by atoms with van der Waals surface area (Å²) >= 11 is 1.35. The molecule has 0 saturated carbocycles. The number of thiazole rings is 1. The quantitative estimate of drug-likeness (QED) is 0.840. The van der Waals surface area contributed by atoms with E-state index in [1.54, 1.807) is 12.6 Å². The SMILES string of the molecule is COc1cc(C(C)C)ccc1-c1ncsc1C#N. The lowest BCUT2D eigenvalue weighted by Gasteiger charge is -2.11. The van der Waals surface area contributed by atoms with Gasteiger partial charge in [0, 0.05) is 5.56 Å². The van der Waals surface area contributed by atoms with E-state index in [0.717, 1.165) is 11.3 Å². The van der Waals surface area contributed by atoms with Crippen LogP contribution in [0.3, 0.4) is 0 Å². The molecule has 0 radical (unpaired) electrons. The zero-order valence-electron chi connectivity index (χ0n) is 10.6. The molecular weight excluding hydrogens is 244 g/mol. The van der Waals surface area contributed by atoms with Crippen molar-refractivity contribution in [2.24, 2.45) is 0 Å². The Morgan fingerprint density at radius 1 is 1.39 bits per heavy atom. The van der Waals surface area contributed by atoms with Gasteiger partial charge in [-0.15, -0.1) is 11.3 Å². The van der Waals surface area contributed by atoms with Crippen LogP contribution in [-0.4, -0.2) is 12.1 Å². The first-order valence-corrected chi connectivity index (χ1v) is 6.57. The molecule has 4 heteroatoms. The lowest BCUT2D eigenvalue weighted by molar-refractivity contribution is 0.415. The first-order valence-electron chi connectivity index (χ1n) is 5.69. The molecule has 0 aliphatic carbocycles. The average molecular weight is 258 g/mol. The summed E-state index contributed by atoms with van der Waals surface area (Å²) in [5.41, 5.74) is 4.47. The summed E-state index contributed by atoms with van der Waals surface area (Å²) in [6.45, 7) is 4.27. The van der Waals surface area contributed by atoms with E-state index in [4.69, 9.17) is 10.00 Å². The van der Waals surface area contributed by atoms with Gasteiger partial charge in [0.2, 0.25) is 0 Å². The minimum atomic E-state index is 0.443. The average Bonchev–Trinajstić information content (AvgIpc) is 2.85. The largest absolute Gasteiger partial charge is 0.496 e. The maximum atomic E-state index is 9.05. The number of rotatable bonds is 3. The molecule has 0 spiro atoms. The predicted molar refractivity (Wildman–Crippen MR) is 72.9 cm³/mol. The third-order valence-corrected chi connectivity index (χ3v) is 3.55. The van der Waals surface area contributed by atoms with Crippen molar-refractivity contribution in [3.63, 3.8) is 0 Å². The third kappa shape index (κ3) is 2.22. The normalized spacial score (nSPS) is 10.4. The second-order valence-corrected chi connectivity index (χ2v) is 5.11. The van der Waals surface area contributed by atoms with E-state index in [0.29, 0.717) is 16.5 Å². The number of hydrogen-bond donors (Lipinski definition) is 0. The molecule has 0 bridgehead atoms. The van der Waals surface area contributed by atoms with Crippen LogP contribution < -0.4 is 4.74 Å². The lowest BCUT2D eigenvalue weighted by atomic mass is 9.99. The summed E-state index contributed by atoms with van der Waals surface area (Å²) in [4.78, 5) is 4.87. The number of methoxy groups -OCH3 is 1. The van der Waals surface area contributed by atoms with Gasteiger partial charge < -0.3 is 4.74 Å². The molecule has 0 atom stereocenters. The topological polar surface area (TPSA) is 45.9 Å². The molecule has 92 valence electrons. The Labute approximate surface area is 111 Å². The maximum Gasteiger partial charge on any atom is 0.132 e. The van der Waals surface area contributed by atoms with Crippen LogP contribution >= 0.6 is 11.3 Å². The number of aromatic nitrogens is 1. The van der Waals surface area contributed by atoms with Gasteiger partial charge in [0.05, 0.1) is 12.6 Å². The van der Waals surface area contributed by atoms with Crippen molar-refractivity contribution in [3.8, 4) is 23.1 Å². The Morgan fingerprint density at radius 3 is 2.78 bits per heavy atom. The van der Waals surface area contributed by atoms with E-state index in [2.05, 4.69) is 31.0 Å². The molecule has 2 rings (SSSR count).